The molecule has 1 aliphatic heterocycles. The normalized spacial score (nSPS) is 14.4. The summed E-state index contributed by atoms with van der Waals surface area (Å²) in [5.74, 6) is 0.429. The molecule has 1 aliphatic rings. The lowest BCUT2D eigenvalue weighted by Crippen LogP contribution is -2.49. The molecule has 0 atom stereocenters. The van der Waals surface area contributed by atoms with Crippen LogP contribution in [0.1, 0.15) is 10.4 Å². The Kier molecular flexibility index (Phi) is 5.69. The molecule has 1 amide bonds. The van der Waals surface area contributed by atoms with Gasteiger partial charge in [-0.15, -0.1) is 11.3 Å². The number of benzene rings is 2. The maximum absolute atomic E-state index is 13.5. The van der Waals surface area contributed by atoms with E-state index in [4.69, 9.17) is 0 Å². The lowest BCUT2D eigenvalue weighted by Gasteiger charge is -2.35. The molecular formula is C23H21N5O3S2. The van der Waals surface area contributed by atoms with E-state index in [1.54, 1.807) is 53.0 Å². The van der Waals surface area contributed by atoms with Gasteiger partial charge in [-0.1, -0.05) is 30.3 Å². The Morgan fingerprint density at radius 1 is 0.909 bits per heavy atom. The molecule has 1 N–H and O–H groups in total. The number of sulfonamides is 1. The first kappa shape index (κ1) is 21.4. The minimum absolute atomic E-state index is 0.200. The highest BCUT2D eigenvalue weighted by molar-refractivity contribution is 7.94. The maximum atomic E-state index is 13.5. The Bertz CT molecular complexity index is 1380. The van der Waals surface area contributed by atoms with Gasteiger partial charge >= 0.3 is 0 Å². The molecule has 0 bridgehead atoms. The number of hydrogen-bond acceptors (Lipinski definition) is 7. The van der Waals surface area contributed by atoms with Crippen LogP contribution < -0.4 is 9.62 Å². The molecule has 0 spiro atoms. The van der Waals surface area contributed by atoms with Crippen LogP contribution in [0, 0.1) is 0 Å². The molecule has 1 fully saturated rings. The highest BCUT2D eigenvalue weighted by Gasteiger charge is 2.27. The number of piperazine rings is 1. The number of nitrogens with zero attached hydrogens (tertiary/aromatic N) is 4. The minimum Gasteiger partial charge on any atom is -0.337 e. The summed E-state index contributed by atoms with van der Waals surface area (Å²) in [4.78, 5) is 25.9. The smallest absolute Gasteiger partial charge is 0.271 e. The van der Waals surface area contributed by atoms with Crippen LogP contribution in [0.2, 0.25) is 0 Å². The van der Waals surface area contributed by atoms with Crippen LogP contribution in [0.15, 0.2) is 76.6 Å². The third-order valence-corrected chi connectivity index (χ3v) is 8.29. The van der Waals surface area contributed by atoms with Crippen LogP contribution in [0.25, 0.3) is 10.8 Å². The van der Waals surface area contributed by atoms with Gasteiger partial charge in [-0.2, -0.15) is 0 Å². The fourth-order valence-corrected chi connectivity index (χ4v) is 5.91. The number of aromatic nitrogens is 2. The highest BCUT2D eigenvalue weighted by Crippen LogP contribution is 2.29. The van der Waals surface area contributed by atoms with Crippen LogP contribution in [-0.4, -0.2) is 55.4 Å². The monoisotopic (exact) mass is 479 g/mol. The van der Waals surface area contributed by atoms with Gasteiger partial charge < -0.3 is 9.80 Å². The molecule has 3 heterocycles. The first-order valence-corrected chi connectivity index (χ1v) is 12.8. The van der Waals surface area contributed by atoms with Crippen molar-refractivity contribution < 1.29 is 13.2 Å². The zero-order valence-corrected chi connectivity index (χ0v) is 19.2. The van der Waals surface area contributed by atoms with E-state index in [2.05, 4.69) is 14.7 Å². The first-order valence-electron chi connectivity index (χ1n) is 10.4. The van der Waals surface area contributed by atoms with Gasteiger partial charge in [0.15, 0.2) is 0 Å². The average Bonchev–Trinajstić information content (AvgIpc) is 3.40. The second-order valence-electron chi connectivity index (χ2n) is 7.61. The number of carbonyl (C=O) groups excluding carboxylic acids is 1. The largest absolute Gasteiger partial charge is 0.337 e. The molecule has 4 aromatic rings. The molecule has 0 aliphatic carbocycles. The predicted molar refractivity (Wildman–Crippen MR) is 129 cm³/mol. The summed E-state index contributed by atoms with van der Waals surface area (Å²) in [6.45, 7) is 2.17. The topological polar surface area (TPSA) is 95.5 Å². The zero-order valence-electron chi connectivity index (χ0n) is 17.6. The SMILES string of the molecule is O=C(c1cc2ccccc2cc1NS(=O)(=O)c1cccs1)N1CCN(c2ncccn2)CC1. The van der Waals surface area contributed by atoms with Gasteiger partial charge in [0.1, 0.15) is 4.21 Å². The van der Waals surface area contributed by atoms with Crippen molar-refractivity contribution in [2.45, 2.75) is 4.21 Å². The van der Waals surface area contributed by atoms with Crippen molar-refractivity contribution in [1.82, 2.24) is 14.9 Å². The number of rotatable bonds is 5. The molecule has 0 saturated carbocycles. The summed E-state index contributed by atoms with van der Waals surface area (Å²) in [6.07, 6.45) is 3.39. The molecule has 10 heteroatoms. The summed E-state index contributed by atoms with van der Waals surface area (Å²) in [5, 5.41) is 3.43. The van der Waals surface area contributed by atoms with E-state index in [1.165, 1.54) is 0 Å². The predicted octanol–water partition coefficient (Wildman–Crippen LogP) is 3.45. The van der Waals surface area contributed by atoms with E-state index in [1.807, 2.05) is 29.2 Å². The molecule has 33 heavy (non-hydrogen) atoms. The third-order valence-electron chi connectivity index (χ3n) is 5.52. The lowest BCUT2D eigenvalue weighted by atomic mass is 10.0. The second-order valence-corrected chi connectivity index (χ2v) is 10.5. The minimum atomic E-state index is -3.80. The number of hydrogen-bond donors (Lipinski definition) is 1. The van der Waals surface area contributed by atoms with Crippen molar-refractivity contribution in [3.63, 3.8) is 0 Å². The molecule has 0 unspecified atom stereocenters. The van der Waals surface area contributed by atoms with Gasteiger partial charge in [-0.25, -0.2) is 18.4 Å². The summed E-state index contributed by atoms with van der Waals surface area (Å²) < 4.78 is 28.6. The number of fused-ring (bicyclic) bond motifs is 1. The Morgan fingerprint density at radius 2 is 1.61 bits per heavy atom. The number of thiophene rings is 1. The van der Waals surface area contributed by atoms with E-state index in [0.29, 0.717) is 37.7 Å². The van der Waals surface area contributed by atoms with Crippen molar-refractivity contribution in [2.24, 2.45) is 0 Å². The Balaban J connectivity index is 1.44. The fraction of sp³-hybridized carbons (Fsp3) is 0.174. The fourth-order valence-electron chi connectivity index (χ4n) is 3.85. The van der Waals surface area contributed by atoms with E-state index in [0.717, 1.165) is 22.1 Å². The summed E-state index contributed by atoms with van der Waals surface area (Å²) in [6, 6.07) is 16.1. The summed E-state index contributed by atoms with van der Waals surface area (Å²) in [7, 11) is -3.80. The van der Waals surface area contributed by atoms with Crippen molar-refractivity contribution in [3.8, 4) is 0 Å². The highest BCUT2D eigenvalue weighted by atomic mass is 32.2. The summed E-state index contributed by atoms with van der Waals surface area (Å²) in [5.41, 5.74) is 0.610. The second kappa shape index (κ2) is 8.80. The number of carbonyl (C=O) groups is 1. The van der Waals surface area contributed by atoms with Gasteiger partial charge in [-0.05, 0) is 40.4 Å². The molecule has 2 aromatic carbocycles. The van der Waals surface area contributed by atoms with Crippen molar-refractivity contribution in [3.05, 3.63) is 77.9 Å². The Labute approximate surface area is 195 Å². The van der Waals surface area contributed by atoms with Crippen molar-refractivity contribution >= 4 is 49.7 Å². The van der Waals surface area contributed by atoms with E-state index in [-0.39, 0.29) is 15.8 Å². The van der Waals surface area contributed by atoms with Crippen LogP contribution in [-0.2, 0) is 10.0 Å². The molecular weight excluding hydrogens is 458 g/mol. The van der Waals surface area contributed by atoms with Crippen LogP contribution >= 0.6 is 11.3 Å². The molecule has 2 aromatic heterocycles. The number of amides is 1. The van der Waals surface area contributed by atoms with E-state index in [9.17, 15) is 13.2 Å². The lowest BCUT2D eigenvalue weighted by molar-refractivity contribution is 0.0747. The van der Waals surface area contributed by atoms with Crippen molar-refractivity contribution in [2.75, 3.05) is 35.8 Å². The molecule has 0 radical (unpaired) electrons. The van der Waals surface area contributed by atoms with Crippen molar-refractivity contribution in [1.29, 1.82) is 0 Å². The van der Waals surface area contributed by atoms with E-state index >= 15 is 0 Å². The van der Waals surface area contributed by atoms with Crippen LogP contribution in [0.5, 0.6) is 0 Å². The van der Waals surface area contributed by atoms with Gasteiger partial charge in [-0.3, -0.25) is 9.52 Å². The van der Waals surface area contributed by atoms with Crippen LogP contribution in [0.4, 0.5) is 11.6 Å². The van der Waals surface area contributed by atoms with Gasteiger partial charge in [0.05, 0.1) is 11.3 Å². The molecule has 8 nitrogen and oxygen atoms in total. The molecule has 168 valence electrons. The zero-order chi connectivity index (χ0) is 22.8. The quantitative estimate of drug-likeness (QED) is 0.471. The van der Waals surface area contributed by atoms with Crippen LogP contribution in [0.3, 0.4) is 0 Å². The standard InChI is InChI=1S/C23H21N5O3S2/c29-22(27-10-12-28(13-11-27)23-24-8-4-9-25-23)19-15-17-5-1-2-6-18(17)16-20(19)26-33(30,31)21-7-3-14-32-21/h1-9,14-16,26H,10-13H2. The first-order chi connectivity index (χ1) is 16.0. The van der Waals surface area contributed by atoms with Gasteiger partial charge in [0, 0.05) is 38.6 Å². The van der Waals surface area contributed by atoms with Gasteiger partial charge in [0.2, 0.25) is 5.95 Å². The summed E-state index contributed by atoms with van der Waals surface area (Å²) >= 11 is 1.13. The Hall–Kier alpha value is -3.50. The number of nitrogens with one attached hydrogen (secondary N) is 1. The molecule has 5 rings (SSSR count). The number of anilines is 2. The van der Waals surface area contributed by atoms with Gasteiger partial charge in [0.25, 0.3) is 15.9 Å². The molecule has 1 saturated heterocycles. The third kappa shape index (κ3) is 4.39. The Morgan fingerprint density at radius 3 is 2.27 bits per heavy atom. The average molecular weight is 480 g/mol. The van der Waals surface area contributed by atoms with E-state index < -0.39 is 10.0 Å². The maximum Gasteiger partial charge on any atom is 0.271 e.